The van der Waals surface area contributed by atoms with Crippen LogP contribution in [0, 0.1) is 6.92 Å². The second-order valence-corrected chi connectivity index (χ2v) is 6.93. The first-order valence-electron chi connectivity index (χ1n) is 9.41. The van der Waals surface area contributed by atoms with E-state index in [0.29, 0.717) is 6.54 Å². The Bertz CT molecular complexity index is 976. The molecular weight excluding hydrogens is 336 g/mol. The minimum absolute atomic E-state index is 0.00804. The molecule has 0 aliphatic carbocycles. The van der Waals surface area contributed by atoms with Crippen LogP contribution in [0.2, 0.25) is 0 Å². The molecule has 2 N–H and O–H groups in total. The molecule has 2 aromatic carbocycles. The zero-order chi connectivity index (χ0) is 18.8. The number of hydrogen-bond donors (Lipinski definition) is 2. The fourth-order valence-corrected chi connectivity index (χ4v) is 3.78. The first kappa shape index (κ1) is 17.5. The summed E-state index contributed by atoms with van der Waals surface area (Å²) in [5, 5.41) is 11.0. The van der Waals surface area contributed by atoms with Crippen LogP contribution in [0.15, 0.2) is 54.7 Å². The number of carbonyl (C=O) groups excluding carboxylic acids is 1. The van der Waals surface area contributed by atoms with Crippen LogP contribution < -0.4 is 10.6 Å². The number of nitrogens with zero attached hydrogens (tertiary/aromatic N) is 2. The number of rotatable bonds is 4. The second-order valence-electron chi connectivity index (χ2n) is 6.93. The van der Waals surface area contributed by atoms with Crippen LogP contribution in [0.1, 0.15) is 35.2 Å². The van der Waals surface area contributed by atoms with Gasteiger partial charge in [-0.25, -0.2) is 4.68 Å². The van der Waals surface area contributed by atoms with Crippen molar-refractivity contribution in [1.82, 2.24) is 15.1 Å². The van der Waals surface area contributed by atoms with Crippen molar-refractivity contribution in [1.29, 1.82) is 0 Å². The number of aromatic nitrogens is 2. The van der Waals surface area contributed by atoms with Gasteiger partial charge in [-0.3, -0.25) is 4.79 Å². The van der Waals surface area contributed by atoms with E-state index in [2.05, 4.69) is 47.8 Å². The third-order valence-corrected chi connectivity index (χ3v) is 5.22. The molecule has 1 atom stereocenters. The summed E-state index contributed by atoms with van der Waals surface area (Å²) in [6.07, 6.45) is 2.54. The second kappa shape index (κ2) is 7.37. The molecule has 0 radical (unpaired) electrons. The van der Waals surface area contributed by atoms with E-state index in [4.69, 9.17) is 0 Å². The summed E-state index contributed by atoms with van der Waals surface area (Å²) in [5.74, 6) is -0.185. The van der Waals surface area contributed by atoms with Gasteiger partial charge in [-0.15, -0.1) is 0 Å². The number of benzene rings is 2. The number of aryl methyl sites for hydroxylation is 1. The van der Waals surface area contributed by atoms with Gasteiger partial charge in [0.15, 0.2) is 0 Å². The Labute approximate surface area is 159 Å². The van der Waals surface area contributed by atoms with Gasteiger partial charge in [0.25, 0.3) is 0 Å². The Hall–Kier alpha value is -2.92. The molecule has 1 aliphatic heterocycles. The number of nitrogens with one attached hydrogen (secondary N) is 2. The van der Waals surface area contributed by atoms with E-state index in [1.807, 2.05) is 35.0 Å². The quantitative estimate of drug-likeness (QED) is 0.748. The van der Waals surface area contributed by atoms with Crippen molar-refractivity contribution in [2.45, 2.75) is 32.7 Å². The standard InChI is InChI=1S/C22H24N4O/c1-3-20-19(14-24-26(20)21-11-7-4-8-15(21)2)25-22(27)18-13-23-12-16-9-5-6-10-17(16)18/h4-11,14,18,23H,3,12-13H2,1-2H3,(H,25,27). The largest absolute Gasteiger partial charge is 0.323 e. The first-order valence-corrected chi connectivity index (χ1v) is 9.41. The predicted octanol–water partition coefficient (Wildman–Crippen LogP) is 3.57. The number of anilines is 1. The maximum Gasteiger partial charge on any atom is 0.233 e. The molecule has 27 heavy (non-hydrogen) atoms. The summed E-state index contributed by atoms with van der Waals surface area (Å²) >= 11 is 0. The van der Waals surface area contributed by atoms with Crippen molar-refractivity contribution in [2.75, 3.05) is 11.9 Å². The molecule has 0 fully saturated rings. The molecule has 0 bridgehead atoms. The molecule has 2 heterocycles. The molecule has 0 saturated heterocycles. The van der Waals surface area contributed by atoms with Crippen LogP contribution in [0.3, 0.4) is 0 Å². The van der Waals surface area contributed by atoms with Crippen molar-refractivity contribution in [3.8, 4) is 5.69 Å². The zero-order valence-corrected chi connectivity index (χ0v) is 15.7. The molecule has 1 unspecified atom stereocenters. The molecule has 5 nitrogen and oxygen atoms in total. The topological polar surface area (TPSA) is 59.0 Å². The maximum atomic E-state index is 13.0. The first-order chi connectivity index (χ1) is 13.2. The highest BCUT2D eigenvalue weighted by Crippen LogP contribution is 2.27. The summed E-state index contributed by atoms with van der Waals surface area (Å²) in [4.78, 5) is 13.0. The average molecular weight is 360 g/mol. The van der Waals surface area contributed by atoms with Crippen molar-refractivity contribution >= 4 is 11.6 Å². The smallest absolute Gasteiger partial charge is 0.233 e. The summed E-state index contributed by atoms with van der Waals surface area (Å²) in [7, 11) is 0. The normalized spacial score (nSPS) is 16.0. The van der Waals surface area contributed by atoms with Gasteiger partial charge in [0, 0.05) is 13.1 Å². The molecule has 3 aromatic rings. The van der Waals surface area contributed by atoms with E-state index in [0.717, 1.165) is 41.2 Å². The lowest BCUT2D eigenvalue weighted by Crippen LogP contribution is -2.35. The molecule has 4 rings (SSSR count). The molecule has 0 saturated carbocycles. The van der Waals surface area contributed by atoms with Crippen LogP contribution in [0.4, 0.5) is 5.69 Å². The minimum atomic E-state index is -0.193. The van der Waals surface area contributed by atoms with Crippen LogP contribution in [-0.2, 0) is 17.8 Å². The van der Waals surface area contributed by atoms with Gasteiger partial charge >= 0.3 is 0 Å². The number of carbonyl (C=O) groups is 1. The monoisotopic (exact) mass is 360 g/mol. The summed E-state index contributed by atoms with van der Waals surface area (Å²) in [5.41, 5.74) is 6.29. The fraction of sp³-hybridized carbons (Fsp3) is 0.273. The Morgan fingerprint density at radius 1 is 1.22 bits per heavy atom. The Kier molecular flexibility index (Phi) is 4.77. The maximum absolute atomic E-state index is 13.0. The summed E-state index contributed by atoms with van der Waals surface area (Å²) < 4.78 is 1.93. The fourth-order valence-electron chi connectivity index (χ4n) is 3.78. The highest BCUT2D eigenvalue weighted by molar-refractivity contribution is 5.96. The highest BCUT2D eigenvalue weighted by atomic mass is 16.1. The molecule has 1 amide bonds. The Morgan fingerprint density at radius 2 is 2.00 bits per heavy atom. The van der Waals surface area contributed by atoms with Crippen molar-refractivity contribution in [3.05, 3.63) is 77.1 Å². The van der Waals surface area contributed by atoms with Gasteiger partial charge in [0.05, 0.1) is 29.2 Å². The van der Waals surface area contributed by atoms with E-state index >= 15 is 0 Å². The Balaban J connectivity index is 1.63. The van der Waals surface area contributed by atoms with E-state index in [9.17, 15) is 4.79 Å². The summed E-state index contributed by atoms with van der Waals surface area (Å²) in [6, 6.07) is 16.3. The lowest BCUT2D eigenvalue weighted by atomic mass is 9.90. The van der Waals surface area contributed by atoms with Gasteiger partial charge < -0.3 is 10.6 Å². The van der Waals surface area contributed by atoms with Gasteiger partial charge in [-0.1, -0.05) is 49.4 Å². The molecule has 0 spiro atoms. The third-order valence-electron chi connectivity index (χ3n) is 5.22. The molecule has 5 heteroatoms. The summed E-state index contributed by atoms with van der Waals surface area (Å²) in [6.45, 7) is 5.61. The highest BCUT2D eigenvalue weighted by Gasteiger charge is 2.27. The average Bonchev–Trinajstić information content (AvgIpc) is 3.10. The van der Waals surface area contributed by atoms with E-state index in [-0.39, 0.29) is 11.8 Å². The molecule has 1 aromatic heterocycles. The third kappa shape index (κ3) is 3.26. The minimum Gasteiger partial charge on any atom is -0.323 e. The number of fused-ring (bicyclic) bond motifs is 1. The van der Waals surface area contributed by atoms with Crippen LogP contribution in [0.5, 0.6) is 0 Å². The lowest BCUT2D eigenvalue weighted by molar-refractivity contribution is -0.117. The van der Waals surface area contributed by atoms with Gasteiger partial charge in [-0.05, 0) is 36.1 Å². The van der Waals surface area contributed by atoms with Crippen LogP contribution in [-0.4, -0.2) is 22.2 Å². The number of para-hydroxylation sites is 1. The Morgan fingerprint density at radius 3 is 2.81 bits per heavy atom. The van der Waals surface area contributed by atoms with Gasteiger partial charge in [0.1, 0.15) is 0 Å². The van der Waals surface area contributed by atoms with E-state index in [1.165, 1.54) is 5.56 Å². The van der Waals surface area contributed by atoms with Crippen molar-refractivity contribution < 1.29 is 4.79 Å². The van der Waals surface area contributed by atoms with E-state index < -0.39 is 0 Å². The van der Waals surface area contributed by atoms with Crippen molar-refractivity contribution in [2.24, 2.45) is 0 Å². The van der Waals surface area contributed by atoms with Crippen LogP contribution >= 0.6 is 0 Å². The van der Waals surface area contributed by atoms with Gasteiger partial charge in [0.2, 0.25) is 5.91 Å². The number of amides is 1. The zero-order valence-electron chi connectivity index (χ0n) is 15.7. The van der Waals surface area contributed by atoms with E-state index in [1.54, 1.807) is 6.20 Å². The number of hydrogen-bond acceptors (Lipinski definition) is 3. The lowest BCUT2D eigenvalue weighted by Gasteiger charge is -2.25. The van der Waals surface area contributed by atoms with Crippen molar-refractivity contribution in [3.63, 3.8) is 0 Å². The molecule has 138 valence electrons. The van der Waals surface area contributed by atoms with Crippen LogP contribution in [0.25, 0.3) is 5.69 Å². The van der Waals surface area contributed by atoms with Gasteiger partial charge in [-0.2, -0.15) is 5.10 Å². The predicted molar refractivity (Wildman–Crippen MR) is 107 cm³/mol. The molecule has 1 aliphatic rings. The SMILES string of the molecule is CCc1c(NC(=O)C2CNCc3ccccc32)cnn1-c1ccccc1C. The molecular formula is C22H24N4O.